The molecule has 29 heavy (non-hydrogen) atoms. The summed E-state index contributed by atoms with van der Waals surface area (Å²) in [7, 11) is 1.63. The number of carbonyl (C=O) groups excluding carboxylic acids is 1. The van der Waals surface area contributed by atoms with Crippen molar-refractivity contribution in [2.75, 3.05) is 13.7 Å². The number of ether oxygens (including phenoxy) is 2. The minimum absolute atomic E-state index is 0.139. The highest BCUT2D eigenvalue weighted by molar-refractivity contribution is 5.76. The number of pyridine rings is 1. The molecule has 1 aromatic heterocycles. The van der Waals surface area contributed by atoms with Gasteiger partial charge in [-0.15, -0.1) is 0 Å². The van der Waals surface area contributed by atoms with Crippen LogP contribution in [-0.2, 0) is 17.9 Å². The Bertz CT molecular complexity index is 761. The van der Waals surface area contributed by atoms with Gasteiger partial charge in [-0.25, -0.2) is 0 Å². The highest BCUT2D eigenvalue weighted by atomic mass is 16.5. The SMILES string of the molecule is COc1ccc(CNCCC(=O)NC2CCCCC2)cc1OCc1cccnc1. The van der Waals surface area contributed by atoms with Crippen molar-refractivity contribution in [2.24, 2.45) is 0 Å². The van der Waals surface area contributed by atoms with Gasteiger partial charge < -0.3 is 20.1 Å². The second-order valence-corrected chi connectivity index (χ2v) is 7.46. The summed E-state index contributed by atoms with van der Waals surface area (Å²) in [6, 6.07) is 10.1. The van der Waals surface area contributed by atoms with Crippen LogP contribution in [0.15, 0.2) is 42.7 Å². The van der Waals surface area contributed by atoms with Crippen LogP contribution in [0.4, 0.5) is 0 Å². The maximum Gasteiger partial charge on any atom is 0.221 e. The average molecular weight is 398 g/mol. The first-order valence-electron chi connectivity index (χ1n) is 10.4. The average Bonchev–Trinajstić information content (AvgIpc) is 2.77. The molecule has 1 aromatic carbocycles. The first kappa shape index (κ1) is 21.1. The van der Waals surface area contributed by atoms with Crippen LogP contribution >= 0.6 is 0 Å². The van der Waals surface area contributed by atoms with Gasteiger partial charge in [0.2, 0.25) is 5.91 Å². The molecule has 0 unspecified atom stereocenters. The van der Waals surface area contributed by atoms with E-state index >= 15 is 0 Å². The van der Waals surface area contributed by atoms with E-state index in [1.807, 2.05) is 30.3 Å². The van der Waals surface area contributed by atoms with Crippen molar-refractivity contribution in [3.8, 4) is 11.5 Å². The van der Waals surface area contributed by atoms with Crippen LogP contribution in [0, 0.1) is 0 Å². The van der Waals surface area contributed by atoms with Crippen molar-refractivity contribution in [2.45, 2.75) is 57.7 Å². The molecule has 1 saturated carbocycles. The molecule has 0 spiro atoms. The molecular weight excluding hydrogens is 366 g/mol. The smallest absolute Gasteiger partial charge is 0.221 e. The predicted octanol–water partition coefficient (Wildman–Crippen LogP) is 3.60. The summed E-state index contributed by atoms with van der Waals surface area (Å²) in [4.78, 5) is 16.2. The van der Waals surface area contributed by atoms with E-state index in [0.717, 1.165) is 24.0 Å². The highest BCUT2D eigenvalue weighted by Crippen LogP contribution is 2.28. The Balaban J connectivity index is 1.43. The lowest BCUT2D eigenvalue weighted by molar-refractivity contribution is -0.121. The van der Waals surface area contributed by atoms with E-state index < -0.39 is 0 Å². The summed E-state index contributed by atoms with van der Waals surface area (Å²) in [6.07, 6.45) is 10.0. The van der Waals surface area contributed by atoms with E-state index in [9.17, 15) is 4.79 Å². The third-order valence-corrected chi connectivity index (χ3v) is 5.17. The number of aromatic nitrogens is 1. The molecule has 6 heteroatoms. The molecule has 156 valence electrons. The summed E-state index contributed by atoms with van der Waals surface area (Å²) >= 11 is 0. The number of methoxy groups -OCH3 is 1. The number of amides is 1. The van der Waals surface area contributed by atoms with E-state index in [1.165, 1.54) is 19.3 Å². The fourth-order valence-corrected chi connectivity index (χ4v) is 3.57. The molecule has 1 amide bonds. The molecule has 0 saturated heterocycles. The van der Waals surface area contributed by atoms with E-state index in [-0.39, 0.29) is 5.91 Å². The zero-order chi connectivity index (χ0) is 20.3. The molecule has 0 bridgehead atoms. The molecule has 3 rings (SSSR count). The molecule has 0 aliphatic heterocycles. The molecular formula is C23H31N3O3. The second kappa shape index (κ2) is 11.4. The molecule has 6 nitrogen and oxygen atoms in total. The number of hydrogen-bond donors (Lipinski definition) is 2. The monoisotopic (exact) mass is 397 g/mol. The third kappa shape index (κ3) is 7.06. The van der Waals surface area contributed by atoms with Gasteiger partial charge in [-0.1, -0.05) is 31.4 Å². The van der Waals surface area contributed by atoms with Crippen LogP contribution in [0.3, 0.4) is 0 Å². The molecule has 1 fully saturated rings. The van der Waals surface area contributed by atoms with Crippen molar-refractivity contribution < 1.29 is 14.3 Å². The van der Waals surface area contributed by atoms with Gasteiger partial charge in [0.25, 0.3) is 0 Å². The molecule has 1 aliphatic carbocycles. The van der Waals surface area contributed by atoms with Gasteiger partial charge in [-0.05, 0) is 36.6 Å². The summed E-state index contributed by atoms with van der Waals surface area (Å²) in [5, 5.41) is 6.49. The summed E-state index contributed by atoms with van der Waals surface area (Å²) in [5.41, 5.74) is 2.08. The Kier molecular flexibility index (Phi) is 8.31. The normalized spacial score (nSPS) is 14.4. The molecule has 2 N–H and O–H groups in total. The van der Waals surface area contributed by atoms with Crippen LogP contribution < -0.4 is 20.1 Å². The van der Waals surface area contributed by atoms with Crippen molar-refractivity contribution in [3.05, 3.63) is 53.9 Å². The number of nitrogens with zero attached hydrogens (tertiary/aromatic N) is 1. The van der Waals surface area contributed by atoms with Gasteiger partial charge >= 0.3 is 0 Å². The fourth-order valence-electron chi connectivity index (χ4n) is 3.57. The van der Waals surface area contributed by atoms with Crippen LogP contribution in [0.2, 0.25) is 0 Å². The fraction of sp³-hybridized carbons (Fsp3) is 0.478. The Morgan fingerprint density at radius 3 is 2.76 bits per heavy atom. The van der Waals surface area contributed by atoms with Gasteiger partial charge in [0.05, 0.1) is 7.11 Å². The maximum atomic E-state index is 12.1. The Morgan fingerprint density at radius 1 is 1.14 bits per heavy atom. The first-order valence-corrected chi connectivity index (χ1v) is 10.4. The van der Waals surface area contributed by atoms with Crippen LogP contribution in [0.25, 0.3) is 0 Å². The zero-order valence-electron chi connectivity index (χ0n) is 17.2. The van der Waals surface area contributed by atoms with Crippen LogP contribution in [0.5, 0.6) is 11.5 Å². The molecule has 0 radical (unpaired) electrons. The van der Waals surface area contributed by atoms with Crippen molar-refractivity contribution in [1.29, 1.82) is 0 Å². The Hall–Kier alpha value is -2.60. The van der Waals surface area contributed by atoms with E-state index in [1.54, 1.807) is 19.5 Å². The maximum absolute atomic E-state index is 12.1. The number of benzene rings is 1. The zero-order valence-corrected chi connectivity index (χ0v) is 17.2. The van der Waals surface area contributed by atoms with Crippen LogP contribution in [0.1, 0.15) is 49.7 Å². The van der Waals surface area contributed by atoms with Gasteiger partial charge in [-0.2, -0.15) is 0 Å². The lowest BCUT2D eigenvalue weighted by Gasteiger charge is -2.22. The largest absolute Gasteiger partial charge is 0.493 e. The van der Waals surface area contributed by atoms with E-state index in [0.29, 0.717) is 43.7 Å². The minimum Gasteiger partial charge on any atom is -0.493 e. The second-order valence-electron chi connectivity index (χ2n) is 7.46. The predicted molar refractivity (Wildman–Crippen MR) is 113 cm³/mol. The molecule has 1 aliphatic rings. The lowest BCUT2D eigenvalue weighted by atomic mass is 9.95. The topological polar surface area (TPSA) is 72.5 Å². The number of nitrogens with one attached hydrogen (secondary N) is 2. The minimum atomic E-state index is 0.139. The quantitative estimate of drug-likeness (QED) is 0.600. The van der Waals surface area contributed by atoms with Gasteiger partial charge in [0.1, 0.15) is 6.61 Å². The molecule has 1 heterocycles. The van der Waals surface area contributed by atoms with Gasteiger partial charge in [0, 0.05) is 43.5 Å². The van der Waals surface area contributed by atoms with Crippen molar-refractivity contribution in [3.63, 3.8) is 0 Å². The van der Waals surface area contributed by atoms with E-state index in [2.05, 4.69) is 15.6 Å². The van der Waals surface area contributed by atoms with E-state index in [4.69, 9.17) is 9.47 Å². The summed E-state index contributed by atoms with van der Waals surface area (Å²) in [6.45, 7) is 1.75. The van der Waals surface area contributed by atoms with Crippen LogP contribution in [-0.4, -0.2) is 30.6 Å². The van der Waals surface area contributed by atoms with Crippen molar-refractivity contribution >= 4 is 5.91 Å². The number of rotatable bonds is 10. The molecule has 0 atom stereocenters. The third-order valence-electron chi connectivity index (χ3n) is 5.17. The number of carbonyl (C=O) groups is 1. The Labute approximate surface area is 173 Å². The van der Waals surface area contributed by atoms with Crippen molar-refractivity contribution in [1.82, 2.24) is 15.6 Å². The lowest BCUT2D eigenvalue weighted by Crippen LogP contribution is -2.37. The number of hydrogen-bond acceptors (Lipinski definition) is 5. The first-order chi connectivity index (χ1) is 14.2. The molecule has 2 aromatic rings. The standard InChI is InChI=1S/C23H31N3O3/c1-28-21-10-9-18(14-22(21)29-17-19-6-5-12-24-16-19)15-25-13-11-23(27)26-20-7-3-2-4-8-20/h5-6,9-10,12,14,16,20,25H,2-4,7-8,11,13,15,17H2,1H3,(H,26,27). The Morgan fingerprint density at radius 2 is 2.00 bits per heavy atom. The van der Waals surface area contributed by atoms with Gasteiger partial charge in [-0.3, -0.25) is 9.78 Å². The highest BCUT2D eigenvalue weighted by Gasteiger charge is 2.15. The summed E-state index contributed by atoms with van der Waals surface area (Å²) in [5.74, 6) is 1.54. The van der Waals surface area contributed by atoms with Gasteiger partial charge in [0.15, 0.2) is 11.5 Å². The summed E-state index contributed by atoms with van der Waals surface area (Å²) < 4.78 is 11.3.